The number of amides is 1. The van der Waals surface area contributed by atoms with E-state index < -0.39 is 6.10 Å². The number of halogens is 1. The van der Waals surface area contributed by atoms with E-state index in [1.807, 2.05) is 0 Å². The summed E-state index contributed by atoms with van der Waals surface area (Å²) < 4.78 is 0. The summed E-state index contributed by atoms with van der Waals surface area (Å²) in [6, 6.07) is 10.3. The number of carbonyl (C=O) groups excluding carboxylic acids is 1. The second-order valence-electron chi connectivity index (χ2n) is 4.63. The van der Waals surface area contributed by atoms with Gasteiger partial charge in [-0.25, -0.2) is 4.98 Å². The zero-order chi connectivity index (χ0) is 15.2. The summed E-state index contributed by atoms with van der Waals surface area (Å²) in [7, 11) is 0. The van der Waals surface area contributed by atoms with E-state index in [4.69, 9.17) is 11.6 Å². The van der Waals surface area contributed by atoms with Gasteiger partial charge in [-0.3, -0.25) is 4.79 Å². The SMILES string of the molecule is CC(O)CNc1ccc(C(=O)Nc2cccc(Cl)c2)cn1. The van der Waals surface area contributed by atoms with Crippen molar-refractivity contribution < 1.29 is 9.90 Å². The maximum Gasteiger partial charge on any atom is 0.257 e. The highest BCUT2D eigenvalue weighted by Gasteiger charge is 2.07. The summed E-state index contributed by atoms with van der Waals surface area (Å²) in [5.74, 6) is 0.349. The van der Waals surface area contributed by atoms with Crippen molar-refractivity contribution in [1.29, 1.82) is 0 Å². The minimum Gasteiger partial charge on any atom is -0.392 e. The average molecular weight is 306 g/mol. The molecule has 21 heavy (non-hydrogen) atoms. The first-order valence-electron chi connectivity index (χ1n) is 6.49. The van der Waals surface area contributed by atoms with Gasteiger partial charge in [-0.15, -0.1) is 0 Å². The summed E-state index contributed by atoms with van der Waals surface area (Å²) in [6.45, 7) is 2.08. The molecule has 1 heterocycles. The molecule has 2 rings (SSSR count). The fourth-order valence-corrected chi connectivity index (χ4v) is 1.84. The molecule has 0 bridgehead atoms. The van der Waals surface area contributed by atoms with Gasteiger partial charge in [0.15, 0.2) is 0 Å². The van der Waals surface area contributed by atoms with Crippen LogP contribution >= 0.6 is 11.6 Å². The molecule has 0 aliphatic rings. The van der Waals surface area contributed by atoms with E-state index in [-0.39, 0.29) is 5.91 Å². The zero-order valence-corrected chi connectivity index (χ0v) is 12.3. The Morgan fingerprint density at radius 1 is 1.38 bits per heavy atom. The summed E-state index contributed by atoms with van der Waals surface area (Å²) in [6.07, 6.45) is 1.02. The molecule has 0 radical (unpaired) electrons. The molecule has 0 spiro atoms. The number of aliphatic hydroxyl groups is 1. The molecule has 0 aliphatic heterocycles. The van der Waals surface area contributed by atoms with E-state index in [2.05, 4.69) is 15.6 Å². The van der Waals surface area contributed by atoms with E-state index in [1.54, 1.807) is 43.3 Å². The molecule has 1 amide bonds. The zero-order valence-electron chi connectivity index (χ0n) is 11.5. The van der Waals surface area contributed by atoms with Gasteiger partial charge in [0, 0.05) is 23.5 Å². The number of hydrogen-bond donors (Lipinski definition) is 3. The second-order valence-corrected chi connectivity index (χ2v) is 5.06. The Morgan fingerprint density at radius 2 is 2.19 bits per heavy atom. The van der Waals surface area contributed by atoms with Crippen LogP contribution in [0.15, 0.2) is 42.6 Å². The first kappa shape index (κ1) is 15.3. The maximum atomic E-state index is 12.0. The summed E-state index contributed by atoms with van der Waals surface area (Å²) in [4.78, 5) is 16.2. The van der Waals surface area contributed by atoms with E-state index in [1.165, 1.54) is 6.20 Å². The number of hydrogen-bond acceptors (Lipinski definition) is 4. The van der Waals surface area contributed by atoms with Crippen molar-refractivity contribution in [2.45, 2.75) is 13.0 Å². The molecular weight excluding hydrogens is 290 g/mol. The Kier molecular flexibility index (Phi) is 5.14. The lowest BCUT2D eigenvalue weighted by molar-refractivity contribution is 0.102. The monoisotopic (exact) mass is 305 g/mol. The molecule has 0 saturated heterocycles. The summed E-state index contributed by atoms with van der Waals surface area (Å²) in [5.41, 5.74) is 1.07. The number of aliphatic hydroxyl groups excluding tert-OH is 1. The lowest BCUT2D eigenvalue weighted by Gasteiger charge is -2.08. The Labute approximate surface area is 128 Å². The van der Waals surface area contributed by atoms with E-state index >= 15 is 0 Å². The number of nitrogens with one attached hydrogen (secondary N) is 2. The van der Waals surface area contributed by atoms with Crippen molar-refractivity contribution in [3.05, 3.63) is 53.2 Å². The van der Waals surface area contributed by atoms with E-state index in [0.29, 0.717) is 28.6 Å². The van der Waals surface area contributed by atoms with Crippen molar-refractivity contribution in [3.63, 3.8) is 0 Å². The number of aromatic nitrogens is 1. The van der Waals surface area contributed by atoms with Crippen LogP contribution in [0.5, 0.6) is 0 Å². The Morgan fingerprint density at radius 3 is 2.81 bits per heavy atom. The summed E-state index contributed by atoms with van der Waals surface area (Å²) >= 11 is 5.86. The number of carbonyl (C=O) groups is 1. The number of nitrogens with zero attached hydrogens (tertiary/aromatic N) is 1. The topological polar surface area (TPSA) is 74.2 Å². The van der Waals surface area contributed by atoms with Crippen molar-refractivity contribution in [2.24, 2.45) is 0 Å². The van der Waals surface area contributed by atoms with Crippen molar-refractivity contribution in [2.75, 3.05) is 17.2 Å². The minimum atomic E-state index is -0.461. The van der Waals surface area contributed by atoms with Crippen LogP contribution in [0, 0.1) is 0 Å². The molecule has 6 heteroatoms. The van der Waals surface area contributed by atoms with Gasteiger partial charge < -0.3 is 15.7 Å². The van der Waals surface area contributed by atoms with Gasteiger partial charge in [-0.1, -0.05) is 17.7 Å². The van der Waals surface area contributed by atoms with Crippen LogP contribution in [0.2, 0.25) is 5.02 Å². The maximum absolute atomic E-state index is 12.0. The number of pyridine rings is 1. The smallest absolute Gasteiger partial charge is 0.257 e. The van der Waals surface area contributed by atoms with Gasteiger partial charge >= 0.3 is 0 Å². The van der Waals surface area contributed by atoms with E-state index in [0.717, 1.165) is 0 Å². The van der Waals surface area contributed by atoms with Gasteiger partial charge in [0.25, 0.3) is 5.91 Å². The Hall–Kier alpha value is -2.11. The van der Waals surface area contributed by atoms with Crippen LogP contribution in [0.4, 0.5) is 11.5 Å². The highest BCUT2D eigenvalue weighted by molar-refractivity contribution is 6.30. The van der Waals surface area contributed by atoms with Crippen molar-refractivity contribution >= 4 is 29.0 Å². The predicted molar refractivity (Wildman–Crippen MR) is 83.8 cm³/mol. The molecule has 0 saturated carbocycles. The Bertz CT molecular complexity index is 615. The minimum absolute atomic E-state index is 0.258. The third-order valence-electron chi connectivity index (χ3n) is 2.69. The third kappa shape index (κ3) is 4.73. The fraction of sp³-hybridized carbons (Fsp3) is 0.200. The highest BCUT2D eigenvalue weighted by Crippen LogP contribution is 2.16. The first-order valence-corrected chi connectivity index (χ1v) is 6.87. The number of anilines is 2. The third-order valence-corrected chi connectivity index (χ3v) is 2.92. The normalized spacial score (nSPS) is 11.8. The van der Waals surface area contributed by atoms with Gasteiger partial charge in [0.05, 0.1) is 11.7 Å². The molecule has 0 fully saturated rings. The molecule has 5 nitrogen and oxygen atoms in total. The molecule has 1 unspecified atom stereocenters. The molecule has 1 atom stereocenters. The van der Waals surface area contributed by atoms with Gasteiger partial charge in [-0.05, 0) is 37.3 Å². The van der Waals surface area contributed by atoms with Gasteiger partial charge in [0.2, 0.25) is 0 Å². The number of rotatable bonds is 5. The quantitative estimate of drug-likeness (QED) is 0.794. The van der Waals surface area contributed by atoms with Crippen LogP contribution < -0.4 is 10.6 Å². The average Bonchev–Trinajstić information content (AvgIpc) is 2.45. The van der Waals surface area contributed by atoms with Crippen LogP contribution in [0.1, 0.15) is 17.3 Å². The van der Waals surface area contributed by atoms with Gasteiger partial charge in [0.1, 0.15) is 5.82 Å². The molecule has 2 aromatic rings. The number of benzene rings is 1. The highest BCUT2D eigenvalue weighted by atomic mass is 35.5. The second kappa shape index (κ2) is 7.06. The standard InChI is InChI=1S/C15H16ClN3O2/c1-10(20)8-17-14-6-5-11(9-18-14)15(21)19-13-4-2-3-12(16)7-13/h2-7,9-10,20H,8H2,1H3,(H,17,18)(H,19,21). The van der Waals surface area contributed by atoms with Crippen LogP contribution in [0.25, 0.3) is 0 Å². The first-order chi connectivity index (χ1) is 10.0. The molecule has 0 aliphatic carbocycles. The largest absolute Gasteiger partial charge is 0.392 e. The fourth-order valence-electron chi connectivity index (χ4n) is 1.65. The van der Waals surface area contributed by atoms with Crippen molar-refractivity contribution in [3.8, 4) is 0 Å². The van der Waals surface area contributed by atoms with Crippen LogP contribution in [-0.4, -0.2) is 28.6 Å². The molecular formula is C15H16ClN3O2. The van der Waals surface area contributed by atoms with Crippen LogP contribution in [0.3, 0.4) is 0 Å². The van der Waals surface area contributed by atoms with Crippen LogP contribution in [-0.2, 0) is 0 Å². The Balaban J connectivity index is 1.99. The molecule has 110 valence electrons. The lowest BCUT2D eigenvalue weighted by atomic mass is 10.2. The molecule has 1 aromatic carbocycles. The lowest BCUT2D eigenvalue weighted by Crippen LogP contribution is -2.16. The van der Waals surface area contributed by atoms with Gasteiger partial charge in [-0.2, -0.15) is 0 Å². The van der Waals surface area contributed by atoms with Crippen molar-refractivity contribution in [1.82, 2.24) is 4.98 Å². The van der Waals surface area contributed by atoms with E-state index in [9.17, 15) is 9.90 Å². The summed E-state index contributed by atoms with van der Waals surface area (Å²) in [5, 5.41) is 15.4. The molecule has 1 aromatic heterocycles. The molecule has 3 N–H and O–H groups in total. The predicted octanol–water partition coefficient (Wildman–Crippen LogP) is 2.78.